The van der Waals surface area contributed by atoms with Gasteiger partial charge in [0.05, 0.1) is 0 Å². The fourth-order valence-electron chi connectivity index (χ4n) is 9.23. The first-order chi connectivity index (χ1) is 26.1. The lowest BCUT2D eigenvalue weighted by Gasteiger charge is -2.38. The molecule has 2 amide bonds. The van der Waals surface area contributed by atoms with Crippen molar-refractivity contribution in [1.29, 1.82) is 0 Å². The molecule has 4 aliphatic rings. The van der Waals surface area contributed by atoms with Crippen LogP contribution in [0, 0.1) is 10.8 Å². The smallest absolute Gasteiger partial charge is 0.333 e. The Kier molecular flexibility index (Phi) is 9.90. The zero-order chi connectivity index (χ0) is 40.7. The van der Waals surface area contributed by atoms with Gasteiger partial charge in [-0.3, -0.25) is 18.7 Å². The minimum atomic E-state index is -4.99. The predicted molar refractivity (Wildman–Crippen MR) is 203 cm³/mol. The molecule has 0 saturated carbocycles. The molecule has 0 bridgehead atoms. The summed E-state index contributed by atoms with van der Waals surface area (Å²) in [6, 6.07) is 3.71. The van der Waals surface area contributed by atoms with Gasteiger partial charge < -0.3 is 14.1 Å². The number of unbranched alkanes of at least 4 members (excludes halogenated alkanes) is 2. The number of carbonyl (C=O) groups is 3. The van der Waals surface area contributed by atoms with E-state index in [1.807, 2.05) is 58.2 Å². The molecule has 3 aromatic rings. The maximum atomic E-state index is 13.5. The Morgan fingerprint density at radius 3 is 2.23 bits per heavy atom. The van der Waals surface area contributed by atoms with Gasteiger partial charge in [-0.2, -0.15) is 16.8 Å². The van der Waals surface area contributed by atoms with Crippen LogP contribution in [0.15, 0.2) is 34.3 Å². The number of nitrogens with zero attached hydrogens (tertiary/aromatic N) is 3. The number of amides is 2. The van der Waals surface area contributed by atoms with E-state index >= 15 is 0 Å². The summed E-state index contributed by atoms with van der Waals surface area (Å²) in [5, 5.41) is 1.10. The van der Waals surface area contributed by atoms with Gasteiger partial charge in [0, 0.05) is 54.6 Å². The molecule has 1 aromatic heterocycles. The molecule has 0 spiro atoms. The summed E-state index contributed by atoms with van der Waals surface area (Å²) >= 11 is 0. The Balaban J connectivity index is 1.38. The van der Waals surface area contributed by atoms with Gasteiger partial charge in [-0.1, -0.05) is 54.0 Å². The lowest BCUT2D eigenvalue weighted by molar-refractivity contribution is -0.197. The number of ether oxygens (including phenoxy) is 1. The van der Waals surface area contributed by atoms with Crippen LogP contribution in [0.2, 0.25) is 0 Å². The first kappa shape index (κ1) is 39.8. The van der Waals surface area contributed by atoms with Crippen LogP contribution in [0.4, 0.5) is 0 Å². The first-order valence-electron chi connectivity index (χ1n) is 18.9. The van der Waals surface area contributed by atoms with Crippen LogP contribution in [0.1, 0.15) is 133 Å². The number of benzene rings is 2. The Morgan fingerprint density at radius 2 is 1.57 bits per heavy atom. The number of fused-ring (bicyclic) bond motifs is 4. The van der Waals surface area contributed by atoms with Gasteiger partial charge in [0.15, 0.2) is 11.5 Å². The highest BCUT2D eigenvalue weighted by Crippen LogP contribution is 2.51. The normalized spacial score (nSPS) is 21.1. The van der Waals surface area contributed by atoms with E-state index < -0.39 is 53.2 Å². The average molecular weight is 810 g/mol. The van der Waals surface area contributed by atoms with Crippen LogP contribution in [-0.2, 0) is 52.4 Å². The van der Waals surface area contributed by atoms with Crippen molar-refractivity contribution in [3.8, 4) is 11.5 Å². The number of imidazole rings is 1. The van der Waals surface area contributed by atoms with Gasteiger partial charge in [0.25, 0.3) is 32.1 Å². The maximum absolute atomic E-state index is 13.5. The summed E-state index contributed by atoms with van der Waals surface area (Å²) in [7, 11) is -9.95. The van der Waals surface area contributed by atoms with E-state index in [4.69, 9.17) is 14.6 Å². The molecule has 2 unspecified atom stereocenters. The zero-order valence-electron chi connectivity index (χ0n) is 32.3. The molecule has 7 rings (SSSR count). The van der Waals surface area contributed by atoms with E-state index in [9.17, 15) is 40.3 Å². The Hall–Kier alpha value is -4.38. The van der Waals surface area contributed by atoms with Crippen LogP contribution >= 0.6 is 0 Å². The molecule has 14 nitrogen and oxygen atoms in total. The molecule has 3 heterocycles. The minimum Gasteiger partial charge on any atom is -0.453 e. The molecule has 300 valence electrons. The summed E-state index contributed by atoms with van der Waals surface area (Å²) in [5.74, 6) is -2.15. The van der Waals surface area contributed by atoms with E-state index in [1.54, 1.807) is 18.5 Å². The van der Waals surface area contributed by atoms with Gasteiger partial charge in [-0.05, 0) is 88.8 Å². The zero-order valence-corrected chi connectivity index (χ0v) is 34.0. The molecule has 1 fully saturated rings. The first-order valence-corrected chi connectivity index (χ1v) is 21.8. The van der Waals surface area contributed by atoms with Crippen LogP contribution in [0.5, 0.6) is 11.5 Å². The third-order valence-electron chi connectivity index (χ3n) is 11.3. The number of hydrogen-bond acceptors (Lipinski definition) is 10. The second-order valence-corrected chi connectivity index (χ2v) is 19.9. The molecule has 2 N–H and O–H groups in total. The summed E-state index contributed by atoms with van der Waals surface area (Å²) in [4.78, 5) is 44.8. The largest absolute Gasteiger partial charge is 0.453 e. The van der Waals surface area contributed by atoms with Gasteiger partial charge in [0.2, 0.25) is 0 Å². The van der Waals surface area contributed by atoms with E-state index in [2.05, 4.69) is 0 Å². The molecule has 1 saturated heterocycles. The van der Waals surface area contributed by atoms with E-state index in [0.29, 0.717) is 77.0 Å². The molecule has 2 aliphatic heterocycles. The summed E-state index contributed by atoms with van der Waals surface area (Å²) in [6.07, 6.45) is 8.36. The molecular formula is C40H47N3O11S2. The Bertz CT molecular complexity index is 2540. The van der Waals surface area contributed by atoms with Crippen LogP contribution in [0.3, 0.4) is 0 Å². The summed E-state index contributed by atoms with van der Waals surface area (Å²) < 4.78 is 84.1. The van der Waals surface area contributed by atoms with Crippen molar-refractivity contribution in [2.75, 3.05) is 0 Å². The van der Waals surface area contributed by atoms with Crippen molar-refractivity contribution >= 4 is 49.7 Å². The average Bonchev–Trinajstić information content (AvgIpc) is 3.65. The quantitative estimate of drug-likeness (QED) is 0.119. The van der Waals surface area contributed by atoms with Crippen molar-refractivity contribution in [3.63, 3.8) is 0 Å². The van der Waals surface area contributed by atoms with E-state index in [-0.39, 0.29) is 53.2 Å². The van der Waals surface area contributed by atoms with E-state index in [0.717, 1.165) is 12.0 Å². The fraction of sp³-hybridized carbons (Fsp3) is 0.500. The molecule has 2 aromatic carbocycles. The second-order valence-electron chi connectivity index (χ2n) is 17.1. The monoisotopic (exact) mass is 809 g/mol. The standard InChI is InChI=1S/C40H47N3O11S2/c1-22-18-39(3,4)20-28-24(22)16-26-33(38-41-13-15-42(38)14-9-7-8-10-32(46)54-43-30(44)11-12-31(43)45)27-17-25-23(2)19-40(5,6)21-29(25)37(56(50,51)52)35(27)53-34(26)36(28)55(47,48)49/h13,15-17,20,22-23H,7-12,14,18-19,21H2,1-6H3,(H,47,48,49)(H,50,51,52). The second kappa shape index (κ2) is 13.9. The number of carbonyl (C=O) groups excluding carboxylic acids is 3. The summed E-state index contributed by atoms with van der Waals surface area (Å²) in [5.41, 5.74) is 1.70. The SMILES string of the molecule is CC1CC(C)(C)Cc2c1cc1c(c2S(=O)(=O)O)Oc2c(S(=O)(=O)O)c3c(cc2=C1c1nccn1CCCCCC(=O)ON1C(=O)CCC1=O)C(C)CC(C)(C)C=3. The lowest BCUT2D eigenvalue weighted by atomic mass is 9.69. The highest BCUT2D eigenvalue weighted by atomic mass is 32.2. The molecule has 2 aliphatic carbocycles. The van der Waals surface area contributed by atoms with Gasteiger partial charge >= 0.3 is 5.97 Å². The molecule has 0 radical (unpaired) electrons. The lowest BCUT2D eigenvalue weighted by Crippen LogP contribution is -2.35. The topological polar surface area (TPSA) is 199 Å². The third kappa shape index (κ3) is 7.32. The van der Waals surface area contributed by atoms with Crippen molar-refractivity contribution < 1.29 is 49.9 Å². The Morgan fingerprint density at radius 1 is 0.911 bits per heavy atom. The van der Waals surface area contributed by atoms with Crippen molar-refractivity contribution in [3.05, 3.63) is 63.0 Å². The Labute approximate surface area is 326 Å². The number of aromatic nitrogens is 2. The summed E-state index contributed by atoms with van der Waals surface area (Å²) in [6.45, 7) is 12.3. The molecule has 2 atom stereocenters. The van der Waals surface area contributed by atoms with E-state index in [1.165, 1.54) is 0 Å². The number of hydrogen-bond donors (Lipinski definition) is 2. The number of aryl methyl sites for hydroxylation is 1. The highest BCUT2D eigenvalue weighted by molar-refractivity contribution is 7.86. The van der Waals surface area contributed by atoms with Gasteiger partial charge in [-0.25, -0.2) is 9.78 Å². The van der Waals surface area contributed by atoms with Crippen LogP contribution < -0.4 is 15.2 Å². The number of hydroxylamine groups is 2. The minimum absolute atomic E-state index is 0.00544. The molecule has 16 heteroatoms. The van der Waals surface area contributed by atoms with Crippen LogP contribution in [0.25, 0.3) is 11.6 Å². The number of imide groups is 1. The van der Waals surface area contributed by atoms with Gasteiger partial charge in [0.1, 0.15) is 15.6 Å². The number of rotatable bonds is 10. The van der Waals surface area contributed by atoms with Crippen molar-refractivity contribution in [2.45, 2.75) is 128 Å². The van der Waals surface area contributed by atoms with Crippen molar-refractivity contribution in [2.24, 2.45) is 10.8 Å². The fourth-order valence-corrected chi connectivity index (χ4v) is 11.0. The van der Waals surface area contributed by atoms with Gasteiger partial charge in [-0.15, -0.1) is 5.06 Å². The molecular weight excluding hydrogens is 763 g/mol. The maximum Gasteiger partial charge on any atom is 0.333 e. The molecule has 56 heavy (non-hydrogen) atoms. The third-order valence-corrected chi connectivity index (χ3v) is 13.2. The van der Waals surface area contributed by atoms with Crippen LogP contribution in [-0.4, -0.2) is 58.3 Å². The highest BCUT2D eigenvalue weighted by Gasteiger charge is 2.42. The van der Waals surface area contributed by atoms with Crippen molar-refractivity contribution in [1.82, 2.24) is 14.6 Å². The predicted octanol–water partition coefficient (Wildman–Crippen LogP) is 5.29.